The molecule has 0 aliphatic heterocycles. The van der Waals surface area contributed by atoms with Crippen LogP contribution in [-0.4, -0.2) is 0 Å². The Morgan fingerprint density at radius 3 is 1.50 bits per heavy atom. The maximum atomic E-state index is 7.85. The predicted molar refractivity (Wildman–Crippen MR) is 45.7 cm³/mol. The predicted octanol–water partition coefficient (Wildman–Crippen LogP) is 3.19. The molecule has 0 heterocycles. The lowest BCUT2D eigenvalue weighted by Gasteiger charge is -1.69. The molecule has 0 N–H and O–H groups in total. The number of nitrogens with zero attached hydrogens (tertiary/aromatic N) is 6. The number of allylic oxidation sites excluding steroid dienone is 4. The third-order valence-corrected chi connectivity index (χ3v) is 0.742. The largest absolute Gasteiger partial charge is 0.0686 e. The number of hydrogen-bond donors (Lipinski definition) is 0. The van der Waals surface area contributed by atoms with Crippen molar-refractivity contribution in [3.05, 3.63) is 57.6 Å². The van der Waals surface area contributed by atoms with E-state index in [0.717, 1.165) is 0 Å². The topological polar surface area (TPSA) is 97.5 Å². The van der Waals surface area contributed by atoms with Crippen molar-refractivity contribution >= 4 is 0 Å². The molecule has 6 heteroatoms. The monoisotopic (exact) mass is 162 g/mol. The first-order valence-electron chi connectivity index (χ1n) is 2.98. The molecule has 0 fully saturated rings. The van der Waals surface area contributed by atoms with Crippen molar-refractivity contribution in [1.29, 1.82) is 0 Å². The minimum absolute atomic E-state index is 1.30. The van der Waals surface area contributed by atoms with Gasteiger partial charge in [0.2, 0.25) is 0 Å². The molecular formula is C6H6N6. The van der Waals surface area contributed by atoms with Crippen LogP contribution in [0.4, 0.5) is 0 Å². The summed E-state index contributed by atoms with van der Waals surface area (Å²) in [7, 11) is 0. The zero-order valence-electron chi connectivity index (χ0n) is 6.15. The summed E-state index contributed by atoms with van der Waals surface area (Å²) in [4.78, 5) is 5.01. The molecule has 0 aromatic carbocycles. The Morgan fingerprint density at radius 1 is 0.750 bits per heavy atom. The molecule has 0 aliphatic rings. The van der Waals surface area contributed by atoms with E-state index in [-0.39, 0.29) is 0 Å². The molecule has 0 unspecified atom stereocenters. The van der Waals surface area contributed by atoms with Gasteiger partial charge in [0.15, 0.2) is 0 Å². The standard InChI is InChI=1S/C6H6N6/c7-11-9-5-3-1-2-4-6-10-12-8/h1-6H/b2-1+,5-3+,6-4+. The Balaban J connectivity index is 3.77. The van der Waals surface area contributed by atoms with Crippen LogP contribution in [0.3, 0.4) is 0 Å². The summed E-state index contributed by atoms with van der Waals surface area (Å²) in [6.45, 7) is 0. The summed E-state index contributed by atoms with van der Waals surface area (Å²) in [5.41, 5.74) is 15.7. The molecule has 0 atom stereocenters. The van der Waals surface area contributed by atoms with Crippen molar-refractivity contribution in [2.24, 2.45) is 10.2 Å². The number of azide groups is 2. The summed E-state index contributed by atoms with van der Waals surface area (Å²) < 4.78 is 0. The van der Waals surface area contributed by atoms with Crippen LogP contribution < -0.4 is 0 Å². The molecule has 12 heavy (non-hydrogen) atoms. The van der Waals surface area contributed by atoms with Crippen LogP contribution in [0.2, 0.25) is 0 Å². The first-order valence-corrected chi connectivity index (χ1v) is 2.98. The first-order chi connectivity index (χ1) is 5.91. The highest BCUT2D eigenvalue weighted by atomic mass is 15.1. The van der Waals surface area contributed by atoms with Crippen molar-refractivity contribution in [3.63, 3.8) is 0 Å². The summed E-state index contributed by atoms with van der Waals surface area (Å²) in [6, 6.07) is 0. The van der Waals surface area contributed by atoms with Gasteiger partial charge in [-0.3, -0.25) is 0 Å². The minimum Gasteiger partial charge on any atom is -0.0686 e. The second kappa shape index (κ2) is 8.84. The molecule has 0 amide bonds. The fourth-order valence-electron chi connectivity index (χ4n) is 0.364. The fourth-order valence-corrected chi connectivity index (χ4v) is 0.364. The zero-order valence-corrected chi connectivity index (χ0v) is 6.15. The van der Waals surface area contributed by atoms with E-state index in [2.05, 4.69) is 20.1 Å². The molecule has 0 saturated carbocycles. The smallest absolute Gasteiger partial charge is 0.00475 e. The highest BCUT2D eigenvalue weighted by Crippen LogP contribution is 1.82. The average Bonchev–Trinajstić information content (AvgIpc) is 2.10. The van der Waals surface area contributed by atoms with E-state index < -0.39 is 0 Å². The van der Waals surface area contributed by atoms with E-state index in [1.54, 1.807) is 24.3 Å². The third-order valence-electron chi connectivity index (χ3n) is 0.742. The Bertz CT molecular complexity index is 257. The van der Waals surface area contributed by atoms with Gasteiger partial charge in [-0.25, -0.2) is 0 Å². The van der Waals surface area contributed by atoms with Gasteiger partial charge in [0, 0.05) is 22.2 Å². The van der Waals surface area contributed by atoms with Crippen molar-refractivity contribution in [2.75, 3.05) is 0 Å². The fraction of sp³-hybridized carbons (Fsp3) is 0. The van der Waals surface area contributed by atoms with Gasteiger partial charge in [-0.15, -0.1) is 0 Å². The first kappa shape index (κ1) is 9.84. The highest BCUT2D eigenvalue weighted by Gasteiger charge is 1.61. The van der Waals surface area contributed by atoms with Gasteiger partial charge in [0.05, 0.1) is 0 Å². The van der Waals surface area contributed by atoms with Gasteiger partial charge in [0.1, 0.15) is 0 Å². The van der Waals surface area contributed by atoms with Crippen molar-refractivity contribution < 1.29 is 0 Å². The Morgan fingerprint density at radius 2 is 1.17 bits per heavy atom. The van der Waals surface area contributed by atoms with Crippen LogP contribution in [0.5, 0.6) is 0 Å². The van der Waals surface area contributed by atoms with Gasteiger partial charge < -0.3 is 0 Å². The lowest BCUT2D eigenvalue weighted by atomic mass is 10.4. The lowest BCUT2D eigenvalue weighted by Crippen LogP contribution is -1.48. The quantitative estimate of drug-likeness (QED) is 0.262. The summed E-state index contributed by atoms with van der Waals surface area (Å²) >= 11 is 0. The van der Waals surface area contributed by atoms with E-state index in [1.165, 1.54) is 12.4 Å². The zero-order chi connectivity index (χ0) is 9.07. The van der Waals surface area contributed by atoms with Gasteiger partial charge in [-0.2, -0.15) is 0 Å². The van der Waals surface area contributed by atoms with E-state index in [0.29, 0.717) is 0 Å². The molecule has 0 aromatic rings. The summed E-state index contributed by atoms with van der Waals surface area (Å²) in [6.07, 6.45) is 8.99. The molecule has 0 rings (SSSR count). The number of rotatable bonds is 4. The lowest BCUT2D eigenvalue weighted by molar-refractivity contribution is 1.50. The second-order valence-electron chi connectivity index (χ2n) is 1.48. The van der Waals surface area contributed by atoms with Crippen molar-refractivity contribution in [2.45, 2.75) is 0 Å². The minimum atomic E-state index is 1.30. The molecule has 0 spiro atoms. The van der Waals surface area contributed by atoms with Crippen molar-refractivity contribution in [1.82, 2.24) is 0 Å². The third kappa shape index (κ3) is 7.84. The normalized spacial score (nSPS) is 10.3. The maximum absolute atomic E-state index is 7.85. The SMILES string of the molecule is [N-]=[N+]=N/C=C/C=C/C=C/N=[N+]=[N-]. The Kier molecular flexibility index (Phi) is 7.25. The van der Waals surface area contributed by atoms with Gasteiger partial charge in [-0.1, -0.05) is 34.5 Å². The van der Waals surface area contributed by atoms with Crippen LogP contribution >= 0.6 is 0 Å². The van der Waals surface area contributed by atoms with Gasteiger partial charge in [-0.05, 0) is 11.1 Å². The Hall–Kier alpha value is -2.16. The molecule has 0 bridgehead atoms. The Labute approximate surface area is 68.8 Å². The van der Waals surface area contributed by atoms with Crippen LogP contribution in [-0.2, 0) is 0 Å². The highest BCUT2D eigenvalue weighted by molar-refractivity contribution is 5.10. The molecular weight excluding hydrogens is 156 g/mol. The molecule has 0 saturated heterocycles. The number of hydrogen-bond acceptors (Lipinski definition) is 2. The molecule has 60 valence electrons. The molecule has 6 nitrogen and oxygen atoms in total. The van der Waals surface area contributed by atoms with E-state index in [1.807, 2.05) is 0 Å². The summed E-state index contributed by atoms with van der Waals surface area (Å²) in [5, 5.41) is 6.30. The van der Waals surface area contributed by atoms with Crippen LogP contribution in [0.1, 0.15) is 0 Å². The van der Waals surface area contributed by atoms with Gasteiger partial charge in [0.25, 0.3) is 0 Å². The molecule has 0 aliphatic carbocycles. The van der Waals surface area contributed by atoms with Gasteiger partial charge >= 0.3 is 0 Å². The van der Waals surface area contributed by atoms with Crippen LogP contribution in [0.15, 0.2) is 46.9 Å². The average molecular weight is 162 g/mol. The summed E-state index contributed by atoms with van der Waals surface area (Å²) in [5.74, 6) is 0. The molecule has 0 radical (unpaired) electrons. The van der Waals surface area contributed by atoms with Crippen LogP contribution in [0.25, 0.3) is 20.9 Å². The second-order valence-corrected chi connectivity index (χ2v) is 1.48. The molecule has 0 aromatic heterocycles. The van der Waals surface area contributed by atoms with Crippen LogP contribution in [0, 0.1) is 0 Å². The van der Waals surface area contributed by atoms with E-state index in [9.17, 15) is 0 Å². The van der Waals surface area contributed by atoms with Crippen molar-refractivity contribution in [3.8, 4) is 0 Å². The van der Waals surface area contributed by atoms with E-state index >= 15 is 0 Å². The maximum Gasteiger partial charge on any atom is 0.00475 e. The van der Waals surface area contributed by atoms with E-state index in [4.69, 9.17) is 11.1 Å².